The van der Waals surface area contributed by atoms with Gasteiger partial charge in [0.25, 0.3) is 0 Å². The summed E-state index contributed by atoms with van der Waals surface area (Å²) in [5.74, 6) is 0. The van der Waals surface area contributed by atoms with Gasteiger partial charge < -0.3 is 10.6 Å². The maximum absolute atomic E-state index is 6.10. The van der Waals surface area contributed by atoms with E-state index in [0.717, 1.165) is 4.47 Å². The van der Waals surface area contributed by atoms with Crippen LogP contribution in [-0.2, 0) is 5.41 Å². The molecule has 0 amide bonds. The molecule has 2 rings (SSSR count). The Kier molecular flexibility index (Phi) is 3.01. The van der Waals surface area contributed by atoms with Crippen LogP contribution in [0, 0.1) is 0 Å². The van der Waals surface area contributed by atoms with Crippen LogP contribution < -0.4 is 10.6 Å². The third kappa shape index (κ3) is 1.87. The van der Waals surface area contributed by atoms with Crippen molar-refractivity contribution in [3.05, 3.63) is 28.2 Å². The van der Waals surface area contributed by atoms with Gasteiger partial charge in [-0.15, -0.1) is 0 Å². The van der Waals surface area contributed by atoms with Crippen LogP contribution in [0.5, 0.6) is 0 Å². The lowest BCUT2D eigenvalue weighted by atomic mass is 9.89. The number of hydrogen-bond donors (Lipinski definition) is 1. The molecule has 1 fully saturated rings. The van der Waals surface area contributed by atoms with Crippen LogP contribution in [0.4, 0.5) is 5.69 Å². The topological polar surface area (TPSA) is 29.3 Å². The molecular weight excluding hydrogens is 264 g/mol. The summed E-state index contributed by atoms with van der Waals surface area (Å²) in [6, 6.07) is 6.84. The molecule has 1 aliphatic carbocycles. The monoisotopic (exact) mass is 282 g/mol. The lowest BCUT2D eigenvalue weighted by Crippen LogP contribution is -2.31. The fourth-order valence-corrected chi connectivity index (χ4v) is 2.91. The molecule has 88 valence electrons. The van der Waals surface area contributed by atoms with Crippen molar-refractivity contribution in [1.82, 2.24) is 0 Å². The summed E-state index contributed by atoms with van der Waals surface area (Å²) in [6.45, 7) is 2.12. The Morgan fingerprint density at radius 3 is 2.44 bits per heavy atom. The molecule has 2 N–H and O–H groups in total. The standard InChI is InChI=1S/C13H19BrN2/c1-9(15)13(6-7-13)10-4-5-11(14)12(8-10)16(2)3/h4-5,8-9H,6-7,15H2,1-3H3. The van der Waals surface area contributed by atoms with E-state index in [0.29, 0.717) is 0 Å². The van der Waals surface area contributed by atoms with E-state index in [4.69, 9.17) is 5.73 Å². The number of hydrogen-bond acceptors (Lipinski definition) is 2. The minimum Gasteiger partial charge on any atom is -0.377 e. The molecule has 1 aromatic rings. The van der Waals surface area contributed by atoms with Crippen molar-refractivity contribution in [2.24, 2.45) is 5.73 Å². The minimum absolute atomic E-state index is 0.240. The fraction of sp³-hybridized carbons (Fsp3) is 0.538. The first-order valence-corrected chi connectivity index (χ1v) is 6.49. The minimum atomic E-state index is 0.240. The van der Waals surface area contributed by atoms with E-state index < -0.39 is 0 Å². The van der Waals surface area contributed by atoms with E-state index >= 15 is 0 Å². The first kappa shape index (κ1) is 11.9. The highest BCUT2D eigenvalue weighted by molar-refractivity contribution is 9.10. The van der Waals surface area contributed by atoms with Gasteiger partial charge in [0, 0.05) is 30.0 Å². The highest BCUT2D eigenvalue weighted by Gasteiger charge is 2.47. The number of rotatable bonds is 3. The second kappa shape index (κ2) is 4.04. The van der Waals surface area contributed by atoms with Crippen molar-refractivity contribution < 1.29 is 0 Å². The summed E-state index contributed by atoms with van der Waals surface area (Å²) >= 11 is 3.58. The summed E-state index contributed by atoms with van der Waals surface area (Å²) < 4.78 is 1.14. The molecule has 1 saturated carbocycles. The van der Waals surface area contributed by atoms with Gasteiger partial charge in [-0.2, -0.15) is 0 Å². The van der Waals surface area contributed by atoms with E-state index in [-0.39, 0.29) is 11.5 Å². The van der Waals surface area contributed by atoms with E-state index in [1.807, 2.05) is 0 Å². The fourth-order valence-electron chi connectivity index (χ4n) is 2.31. The molecule has 0 heterocycles. The maximum atomic E-state index is 6.10. The quantitative estimate of drug-likeness (QED) is 0.924. The van der Waals surface area contributed by atoms with E-state index in [1.54, 1.807) is 0 Å². The zero-order chi connectivity index (χ0) is 11.9. The molecule has 1 aliphatic rings. The molecule has 0 bridgehead atoms. The molecule has 0 radical (unpaired) electrons. The first-order valence-electron chi connectivity index (χ1n) is 5.70. The molecule has 0 aliphatic heterocycles. The van der Waals surface area contributed by atoms with Gasteiger partial charge in [-0.1, -0.05) is 6.07 Å². The van der Waals surface area contributed by atoms with Gasteiger partial charge in [0.1, 0.15) is 0 Å². The molecule has 1 unspecified atom stereocenters. The maximum Gasteiger partial charge on any atom is 0.0508 e. The molecule has 16 heavy (non-hydrogen) atoms. The van der Waals surface area contributed by atoms with Crippen molar-refractivity contribution >= 4 is 21.6 Å². The summed E-state index contributed by atoms with van der Waals surface area (Å²) in [5, 5.41) is 0. The third-order valence-electron chi connectivity index (χ3n) is 3.66. The van der Waals surface area contributed by atoms with Crippen molar-refractivity contribution in [1.29, 1.82) is 0 Å². The molecule has 0 saturated heterocycles. The molecule has 1 aromatic carbocycles. The van der Waals surface area contributed by atoms with E-state index in [2.05, 4.69) is 60.0 Å². The third-order valence-corrected chi connectivity index (χ3v) is 4.33. The van der Waals surface area contributed by atoms with Crippen LogP contribution in [-0.4, -0.2) is 20.1 Å². The summed E-state index contributed by atoms with van der Waals surface area (Å²) in [7, 11) is 4.13. The van der Waals surface area contributed by atoms with Crippen LogP contribution >= 0.6 is 15.9 Å². The zero-order valence-electron chi connectivity index (χ0n) is 10.1. The summed E-state index contributed by atoms with van der Waals surface area (Å²) in [5.41, 5.74) is 8.96. The number of halogens is 1. The van der Waals surface area contributed by atoms with Crippen molar-refractivity contribution in [3.63, 3.8) is 0 Å². The van der Waals surface area contributed by atoms with Gasteiger partial charge in [-0.25, -0.2) is 0 Å². The van der Waals surface area contributed by atoms with Gasteiger partial charge >= 0.3 is 0 Å². The molecule has 3 heteroatoms. The van der Waals surface area contributed by atoms with Crippen LogP contribution in [0.1, 0.15) is 25.3 Å². The molecule has 0 aromatic heterocycles. The highest BCUT2D eigenvalue weighted by Crippen LogP contribution is 2.51. The summed E-state index contributed by atoms with van der Waals surface area (Å²) in [6.07, 6.45) is 2.44. The second-order valence-electron chi connectivity index (χ2n) is 5.01. The van der Waals surface area contributed by atoms with Crippen molar-refractivity contribution in [2.75, 3.05) is 19.0 Å². The van der Waals surface area contributed by atoms with Crippen LogP contribution in [0.3, 0.4) is 0 Å². The van der Waals surface area contributed by atoms with Gasteiger partial charge in [0.05, 0.1) is 5.69 Å². The van der Waals surface area contributed by atoms with Crippen molar-refractivity contribution in [2.45, 2.75) is 31.2 Å². The molecule has 2 nitrogen and oxygen atoms in total. The average molecular weight is 283 g/mol. The lowest BCUT2D eigenvalue weighted by molar-refractivity contribution is 0.556. The molecule has 0 spiro atoms. The molecular formula is C13H19BrN2. The van der Waals surface area contributed by atoms with Crippen molar-refractivity contribution in [3.8, 4) is 0 Å². The van der Waals surface area contributed by atoms with Crippen LogP contribution in [0.25, 0.3) is 0 Å². The Labute approximate surface area is 106 Å². The average Bonchev–Trinajstić information content (AvgIpc) is 2.98. The lowest BCUT2D eigenvalue weighted by Gasteiger charge is -2.23. The van der Waals surface area contributed by atoms with Gasteiger partial charge in [0.2, 0.25) is 0 Å². The zero-order valence-corrected chi connectivity index (χ0v) is 11.7. The number of nitrogens with two attached hydrogens (primary N) is 1. The molecule has 1 atom stereocenters. The smallest absolute Gasteiger partial charge is 0.0508 e. The second-order valence-corrected chi connectivity index (χ2v) is 5.86. The van der Waals surface area contributed by atoms with Gasteiger partial charge in [0.15, 0.2) is 0 Å². The highest BCUT2D eigenvalue weighted by atomic mass is 79.9. The Balaban J connectivity index is 2.40. The van der Waals surface area contributed by atoms with E-state index in [1.165, 1.54) is 24.1 Å². The van der Waals surface area contributed by atoms with Crippen LogP contribution in [0.2, 0.25) is 0 Å². The number of nitrogens with zero attached hydrogens (tertiary/aromatic N) is 1. The normalized spacial score (nSPS) is 19.3. The Morgan fingerprint density at radius 2 is 2.00 bits per heavy atom. The van der Waals surface area contributed by atoms with Gasteiger partial charge in [-0.05, 0) is 53.4 Å². The Morgan fingerprint density at radius 1 is 1.38 bits per heavy atom. The predicted octanol–water partition coefficient (Wildman–Crippen LogP) is 2.89. The Hall–Kier alpha value is -0.540. The Bertz CT molecular complexity index is 395. The largest absolute Gasteiger partial charge is 0.377 e. The van der Waals surface area contributed by atoms with Gasteiger partial charge in [-0.3, -0.25) is 0 Å². The first-order chi connectivity index (χ1) is 7.47. The van der Waals surface area contributed by atoms with E-state index in [9.17, 15) is 0 Å². The SMILES string of the molecule is CC(N)C1(c2ccc(Br)c(N(C)C)c2)CC1. The number of benzene rings is 1. The number of anilines is 1. The van der Waals surface area contributed by atoms with Crippen LogP contribution in [0.15, 0.2) is 22.7 Å². The predicted molar refractivity (Wildman–Crippen MR) is 73.0 cm³/mol. The summed E-state index contributed by atoms with van der Waals surface area (Å²) in [4.78, 5) is 2.13.